The number of anilines is 1. The topological polar surface area (TPSA) is 83.8 Å². The van der Waals surface area contributed by atoms with E-state index in [-0.39, 0.29) is 20.6 Å². The van der Waals surface area contributed by atoms with E-state index in [9.17, 15) is 13.2 Å². The molecule has 0 saturated carbocycles. The lowest BCUT2D eigenvalue weighted by Crippen LogP contribution is -2.39. The fourth-order valence-electron chi connectivity index (χ4n) is 4.02. The van der Waals surface area contributed by atoms with Crippen molar-refractivity contribution in [3.05, 3.63) is 111 Å². The number of halogens is 2. The van der Waals surface area contributed by atoms with Crippen LogP contribution in [-0.4, -0.2) is 31.7 Å². The molecule has 0 radical (unpaired) electrons. The van der Waals surface area contributed by atoms with Crippen LogP contribution in [-0.2, 0) is 14.8 Å². The average molecular weight is 570 g/mol. The van der Waals surface area contributed by atoms with Gasteiger partial charge >= 0.3 is 0 Å². The molecular formula is C28H26Cl2N4O3S. The Labute approximate surface area is 232 Å². The Morgan fingerprint density at radius 3 is 2.29 bits per heavy atom. The standard InChI is InChI=1S/C28H26Cl2N4O3S/c1-19-9-11-23(12-10-19)34-20(2)15-22(21(34)3)17-31-32-28(35)18-33(24-13-14-26(29)27(30)16-24)38(36,37)25-7-5-4-6-8-25/h4-17H,18H2,1-3H3,(H,32,35)/b31-17-. The Kier molecular flexibility index (Phi) is 8.26. The van der Waals surface area contributed by atoms with Crippen LogP contribution in [0.5, 0.6) is 0 Å². The van der Waals surface area contributed by atoms with E-state index in [4.69, 9.17) is 23.2 Å². The van der Waals surface area contributed by atoms with E-state index in [1.807, 2.05) is 51.1 Å². The molecule has 3 aromatic carbocycles. The summed E-state index contributed by atoms with van der Waals surface area (Å²) in [7, 11) is -4.08. The largest absolute Gasteiger partial charge is 0.318 e. The molecular weight excluding hydrogens is 543 g/mol. The second-order valence-electron chi connectivity index (χ2n) is 8.71. The van der Waals surface area contributed by atoms with Crippen LogP contribution in [0.2, 0.25) is 10.0 Å². The monoisotopic (exact) mass is 568 g/mol. The highest BCUT2D eigenvalue weighted by Crippen LogP contribution is 2.30. The predicted octanol–water partition coefficient (Wildman–Crippen LogP) is 6.05. The Balaban J connectivity index is 1.56. The maximum atomic E-state index is 13.4. The van der Waals surface area contributed by atoms with E-state index in [2.05, 4.69) is 15.1 Å². The molecule has 38 heavy (non-hydrogen) atoms. The minimum absolute atomic E-state index is 0.0333. The van der Waals surface area contributed by atoms with Gasteiger partial charge in [-0.3, -0.25) is 9.10 Å². The molecule has 10 heteroatoms. The highest BCUT2D eigenvalue weighted by molar-refractivity contribution is 7.92. The quantitative estimate of drug-likeness (QED) is 0.207. The first-order valence-electron chi connectivity index (χ1n) is 11.7. The van der Waals surface area contributed by atoms with Crippen LogP contribution in [0, 0.1) is 20.8 Å². The predicted molar refractivity (Wildman–Crippen MR) is 153 cm³/mol. The number of benzene rings is 3. The van der Waals surface area contributed by atoms with Crippen LogP contribution >= 0.6 is 23.2 Å². The summed E-state index contributed by atoms with van der Waals surface area (Å²) in [5, 5.41) is 4.53. The zero-order valence-corrected chi connectivity index (χ0v) is 23.3. The summed E-state index contributed by atoms with van der Waals surface area (Å²) in [6.07, 6.45) is 1.54. The van der Waals surface area contributed by atoms with Gasteiger partial charge in [0.05, 0.1) is 26.8 Å². The number of nitrogens with one attached hydrogen (secondary N) is 1. The minimum Gasteiger partial charge on any atom is -0.318 e. The molecule has 1 N–H and O–H groups in total. The molecule has 0 aliphatic carbocycles. The number of hydrazone groups is 1. The maximum Gasteiger partial charge on any atom is 0.264 e. The van der Waals surface area contributed by atoms with Crippen molar-refractivity contribution in [3.63, 3.8) is 0 Å². The summed E-state index contributed by atoms with van der Waals surface area (Å²) >= 11 is 12.2. The SMILES string of the molecule is Cc1ccc(-n2c(C)cc(/C=N\NC(=O)CN(c3ccc(Cl)c(Cl)c3)S(=O)(=O)c3ccccc3)c2C)cc1. The third-order valence-corrected chi connectivity index (χ3v) is 8.49. The van der Waals surface area contributed by atoms with Gasteiger partial charge < -0.3 is 4.57 Å². The second-order valence-corrected chi connectivity index (χ2v) is 11.4. The number of carbonyl (C=O) groups excluding carboxylic acids is 1. The lowest BCUT2D eigenvalue weighted by molar-refractivity contribution is -0.119. The number of amides is 1. The lowest BCUT2D eigenvalue weighted by atomic mass is 10.2. The summed E-state index contributed by atoms with van der Waals surface area (Å²) in [6, 6.07) is 22.4. The fourth-order valence-corrected chi connectivity index (χ4v) is 5.75. The van der Waals surface area contributed by atoms with Gasteiger partial charge in [-0.15, -0.1) is 0 Å². The van der Waals surface area contributed by atoms with Gasteiger partial charge in [-0.2, -0.15) is 5.10 Å². The highest BCUT2D eigenvalue weighted by atomic mass is 35.5. The Morgan fingerprint density at radius 2 is 1.63 bits per heavy atom. The molecule has 0 spiro atoms. The smallest absolute Gasteiger partial charge is 0.264 e. The summed E-state index contributed by atoms with van der Waals surface area (Å²) in [6.45, 7) is 5.48. The highest BCUT2D eigenvalue weighted by Gasteiger charge is 2.27. The van der Waals surface area contributed by atoms with Gasteiger partial charge in [0.2, 0.25) is 0 Å². The van der Waals surface area contributed by atoms with E-state index in [0.717, 1.165) is 26.9 Å². The van der Waals surface area contributed by atoms with E-state index in [0.29, 0.717) is 0 Å². The summed E-state index contributed by atoms with van der Waals surface area (Å²) < 4.78 is 29.9. The van der Waals surface area contributed by atoms with Gasteiger partial charge in [-0.1, -0.05) is 59.1 Å². The number of rotatable bonds is 8. The van der Waals surface area contributed by atoms with Gasteiger partial charge in [0.25, 0.3) is 15.9 Å². The number of aromatic nitrogens is 1. The van der Waals surface area contributed by atoms with Crippen LogP contribution < -0.4 is 9.73 Å². The maximum absolute atomic E-state index is 13.4. The molecule has 1 heterocycles. The lowest BCUT2D eigenvalue weighted by Gasteiger charge is -2.24. The summed E-state index contributed by atoms with van der Waals surface area (Å²) in [4.78, 5) is 12.9. The molecule has 0 aliphatic heterocycles. The first-order valence-corrected chi connectivity index (χ1v) is 13.9. The van der Waals surface area contributed by atoms with Gasteiger partial charge in [0, 0.05) is 22.6 Å². The van der Waals surface area contributed by atoms with Gasteiger partial charge in [0.15, 0.2) is 0 Å². The van der Waals surface area contributed by atoms with Crippen LogP contribution in [0.3, 0.4) is 0 Å². The summed E-state index contributed by atoms with van der Waals surface area (Å²) in [5.41, 5.74) is 7.62. The van der Waals surface area contributed by atoms with Crippen molar-refractivity contribution in [3.8, 4) is 5.69 Å². The van der Waals surface area contributed by atoms with Crippen molar-refractivity contribution in [2.24, 2.45) is 5.10 Å². The normalized spacial score (nSPS) is 11.6. The fraction of sp³-hybridized carbons (Fsp3) is 0.143. The minimum atomic E-state index is -4.08. The molecule has 0 saturated heterocycles. The number of sulfonamides is 1. The molecule has 4 rings (SSSR count). The molecule has 0 unspecified atom stereocenters. The number of carbonyl (C=O) groups is 1. The van der Waals surface area contributed by atoms with Crippen molar-refractivity contribution in [1.82, 2.24) is 9.99 Å². The van der Waals surface area contributed by atoms with Gasteiger partial charge in [-0.25, -0.2) is 13.8 Å². The van der Waals surface area contributed by atoms with Crippen molar-refractivity contribution in [2.75, 3.05) is 10.8 Å². The second kappa shape index (κ2) is 11.4. The van der Waals surface area contributed by atoms with Crippen molar-refractivity contribution >= 4 is 51.0 Å². The third-order valence-electron chi connectivity index (χ3n) is 5.96. The van der Waals surface area contributed by atoms with Crippen LogP contribution in [0.1, 0.15) is 22.5 Å². The Hall–Kier alpha value is -3.59. The summed E-state index contributed by atoms with van der Waals surface area (Å²) in [5.74, 6) is -0.626. The number of aryl methyl sites for hydroxylation is 2. The van der Waals surface area contributed by atoms with Crippen LogP contribution in [0.4, 0.5) is 5.69 Å². The van der Waals surface area contributed by atoms with E-state index in [1.165, 1.54) is 35.9 Å². The Bertz CT molecular complexity index is 1600. The number of hydrogen-bond acceptors (Lipinski definition) is 4. The molecule has 1 aromatic heterocycles. The molecule has 0 aliphatic rings. The molecule has 7 nitrogen and oxygen atoms in total. The van der Waals surface area contributed by atoms with Gasteiger partial charge in [-0.05, 0) is 69.3 Å². The molecule has 0 bridgehead atoms. The van der Waals surface area contributed by atoms with E-state index >= 15 is 0 Å². The molecule has 0 fully saturated rings. The number of hydrogen-bond donors (Lipinski definition) is 1. The van der Waals surface area contributed by atoms with E-state index < -0.39 is 22.5 Å². The van der Waals surface area contributed by atoms with Gasteiger partial charge in [0.1, 0.15) is 6.54 Å². The van der Waals surface area contributed by atoms with E-state index in [1.54, 1.807) is 24.4 Å². The molecule has 1 amide bonds. The number of nitrogens with zero attached hydrogens (tertiary/aromatic N) is 3. The van der Waals surface area contributed by atoms with Crippen LogP contribution in [0.15, 0.2) is 88.9 Å². The molecule has 196 valence electrons. The molecule has 4 aromatic rings. The van der Waals surface area contributed by atoms with Crippen molar-refractivity contribution in [1.29, 1.82) is 0 Å². The molecule has 0 atom stereocenters. The first kappa shape index (κ1) is 27.4. The van der Waals surface area contributed by atoms with Crippen molar-refractivity contribution in [2.45, 2.75) is 25.7 Å². The average Bonchev–Trinajstić information content (AvgIpc) is 3.18. The third kappa shape index (κ3) is 5.93. The zero-order chi connectivity index (χ0) is 27.4. The zero-order valence-electron chi connectivity index (χ0n) is 21.0. The van der Waals surface area contributed by atoms with Crippen molar-refractivity contribution < 1.29 is 13.2 Å². The Morgan fingerprint density at radius 1 is 0.947 bits per heavy atom. The first-order chi connectivity index (χ1) is 18.1. The van der Waals surface area contributed by atoms with Crippen LogP contribution in [0.25, 0.3) is 5.69 Å².